The van der Waals surface area contributed by atoms with E-state index in [9.17, 15) is 9.59 Å². The number of aromatic nitrogens is 2. The lowest BCUT2D eigenvalue weighted by Gasteiger charge is -2.03. The van der Waals surface area contributed by atoms with Gasteiger partial charge >= 0.3 is 5.69 Å². The molecule has 13 heavy (non-hydrogen) atoms. The lowest BCUT2D eigenvalue weighted by atomic mass is 10.5. The first kappa shape index (κ1) is 9.24. The molecule has 0 bridgehead atoms. The van der Waals surface area contributed by atoms with Crippen molar-refractivity contribution in [2.24, 2.45) is 24.8 Å². The van der Waals surface area contributed by atoms with E-state index in [-0.39, 0.29) is 5.82 Å². The predicted molar refractivity (Wildman–Crippen MR) is 49.3 cm³/mol. The lowest BCUT2D eigenvalue weighted by molar-refractivity contribution is 0.689. The number of nitrogens with two attached hydrogens (primary N) is 1. The molecule has 0 aromatic carbocycles. The molecule has 0 radical (unpaired) electrons. The highest BCUT2D eigenvalue weighted by molar-refractivity contribution is 5.56. The van der Waals surface area contributed by atoms with Crippen molar-refractivity contribution < 1.29 is 0 Å². The monoisotopic (exact) mass is 182 g/mol. The molecule has 2 N–H and O–H groups in total. The third-order valence-electron chi connectivity index (χ3n) is 1.71. The van der Waals surface area contributed by atoms with E-state index < -0.39 is 11.2 Å². The third kappa shape index (κ3) is 1.51. The van der Waals surface area contributed by atoms with Crippen LogP contribution in [0.4, 0.5) is 5.82 Å². The van der Waals surface area contributed by atoms with E-state index in [1.807, 2.05) is 0 Å². The summed E-state index contributed by atoms with van der Waals surface area (Å²) >= 11 is 0. The molecule has 0 aliphatic heterocycles. The second kappa shape index (κ2) is 3.26. The molecule has 6 heteroatoms. The van der Waals surface area contributed by atoms with Gasteiger partial charge in [-0.2, -0.15) is 0 Å². The van der Waals surface area contributed by atoms with E-state index >= 15 is 0 Å². The zero-order valence-electron chi connectivity index (χ0n) is 7.39. The van der Waals surface area contributed by atoms with Gasteiger partial charge < -0.3 is 5.73 Å². The van der Waals surface area contributed by atoms with Crippen molar-refractivity contribution in [2.45, 2.75) is 0 Å². The predicted octanol–water partition coefficient (Wildman–Crippen LogP) is -1.30. The zero-order valence-corrected chi connectivity index (χ0v) is 7.39. The average Bonchev–Trinajstić information content (AvgIpc) is 2.11. The van der Waals surface area contributed by atoms with Gasteiger partial charge in [0.25, 0.3) is 5.56 Å². The molecule has 1 heterocycles. The Morgan fingerprint density at radius 2 is 2.00 bits per heavy atom. The summed E-state index contributed by atoms with van der Waals surface area (Å²) < 4.78 is 2.24. The van der Waals surface area contributed by atoms with Crippen LogP contribution in [0.5, 0.6) is 0 Å². The summed E-state index contributed by atoms with van der Waals surface area (Å²) in [6.45, 7) is 0. The summed E-state index contributed by atoms with van der Waals surface area (Å²) in [5.74, 6) is 0.246. The largest absolute Gasteiger partial charge is 0.390 e. The number of aliphatic imine (C=N–C) groups is 1. The first-order valence-corrected chi connectivity index (χ1v) is 3.59. The topological polar surface area (TPSA) is 82.4 Å². The van der Waals surface area contributed by atoms with E-state index in [4.69, 9.17) is 5.73 Å². The van der Waals surface area contributed by atoms with Crippen LogP contribution in [0.1, 0.15) is 0 Å². The van der Waals surface area contributed by atoms with Crippen LogP contribution in [0.3, 0.4) is 0 Å². The van der Waals surface area contributed by atoms with Crippen LogP contribution in [0.15, 0.2) is 20.6 Å². The molecule has 0 aliphatic carbocycles. The van der Waals surface area contributed by atoms with Crippen LogP contribution in [0, 0.1) is 0 Å². The molecule has 0 unspecified atom stereocenters. The quantitative estimate of drug-likeness (QED) is 0.433. The standard InChI is InChI=1S/C7H10N4O2/c1-10-5(9-4-8)3-6(12)11(2)7(10)13/h3-4H,1-2H3,(H2,8,9). The van der Waals surface area contributed by atoms with Crippen LogP contribution in [0.25, 0.3) is 0 Å². The van der Waals surface area contributed by atoms with Gasteiger partial charge in [-0.1, -0.05) is 0 Å². The molecule has 0 aliphatic rings. The summed E-state index contributed by atoms with van der Waals surface area (Å²) in [4.78, 5) is 26.1. The maximum atomic E-state index is 11.3. The van der Waals surface area contributed by atoms with Gasteiger partial charge in [-0.05, 0) is 0 Å². The molecular weight excluding hydrogens is 172 g/mol. The molecule has 1 rings (SSSR count). The second-order valence-corrected chi connectivity index (χ2v) is 2.52. The SMILES string of the molecule is Cn1c(/N=C/N)cc(=O)n(C)c1=O. The number of hydrogen-bond donors (Lipinski definition) is 1. The maximum absolute atomic E-state index is 11.3. The summed E-state index contributed by atoms with van der Waals surface area (Å²) in [6, 6.07) is 1.24. The van der Waals surface area contributed by atoms with Crippen LogP contribution in [0.2, 0.25) is 0 Å². The van der Waals surface area contributed by atoms with Gasteiger partial charge in [0.1, 0.15) is 5.82 Å². The summed E-state index contributed by atoms with van der Waals surface area (Å²) in [6.07, 6.45) is 1.04. The van der Waals surface area contributed by atoms with E-state index in [0.29, 0.717) is 0 Å². The molecule has 1 aromatic rings. The van der Waals surface area contributed by atoms with Gasteiger partial charge in [0.2, 0.25) is 0 Å². The second-order valence-electron chi connectivity index (χ2n) is 2.52. The molecule has 70 valence electrons. The van der Waals surface area contributed by atoms with Gasteiger partial charge in [0, 0.05) is 20.2 Å². The van der Waals surface area contributed by atoms with Crippen molar-refractivity contribution in [2.75, 3.05) is 0 Å². The van der Waals surface area contributed by atoms with Gasteiger partial charge in [-0.3, -0.25) is 13.9 Å². The highest BCUT2D eigenvalue weighted by atomic mass is 16.2. The molecule has 0 amide bonds. The zero-order chi connectivity index (χ0) is 10.0. The Balaban J connectivity index is 3.60. The normalized spacial score (nSPS) is 10.9. The third-order valence-corrected chi connectivity index (χ3v) is 1.71. The fourth-order valence-corrected chi connectivity index (χ4v) is 0.922. The smallest absolute Gasteiger partial charge is 0.332 e. The summed E-state index contributed by atoms with van der Waals surface area (Å²) in [7, 11) is 2.92. The number of rotatable bonds is 1. The van der Waals surface area contributed by atoms with Gasteiger partial charge in [-0.25, -0.2) is 9.79 Å². The Morgan fingerprint density at radius 3 is 2.54 bits per heavy atom. The fourth-order valence-electron chi connectivity index (χ4n) is 0.922. The number of hydrogen-bond acceptors (Lipinski definition) is 3. The lowest BCUT2D eigenvalue weighted by Crippen LogP contribution is -2.36. The Bertz CT molecular complexity index is 455. The van der Waals surface area contributed by atoms with Crippen molar-refractivity contribution in [1.29, 1.82) is 0 Å². The van der Waals surface area contributed by atoms with Crippen molar-refractivity contribution in [3.63, 3.8) is 0 Å². The van der Waals surface area contributed by atoms with Crippen molar-refractivity contribution >= 4 is 12.2 Å². The van der Waals surface area contributed by atoms with Crippen molar-refractivity contribution in [1.82, 2.24) is 9.13 Å². The Labute approximate surface area is 73.9 Å². The van der Waals surface area contributed by atoms with Gasteiger partial charge in [0.15, 0.2) is 0 Å². The molecule has 0 saturated heterocycles. The van der Waals surface area contributed by atoms with E-state index in [0.717, 1.165) is 10.9 Å². The Hall–Kier alpha value is -1.85. The van der Waals surface area contributed by atoms with E-state index in [2.05, 4.69) is 4.99 Å². The van der Waals surface area contributed by atoms with Crippen LogP contribution in [-0.2, 0) is 14.1 Å². The van der Waals surface area contributed by atoms with E-state index in [1.54, 1.807) is 0 Å². The molecular formula is C7H10N4O2. The Kier molecular flexibility index (Phi) is 2.32. The minimum atomic E-state index is -0.423. The van der Waals surface area contributed by atoms with E-state index in [1.165, 1.54) is 24.7 Å². The highest BCUT2D eigenvalue weighted by Crippen LogP contribution is 2.01. The maximum Gasteiger partial charge on any atom is 0.332 e. The van der Waals surface area contributed by atoms with Crippen LogP contribution < -0.4 is 17.0 Å². The molecule has 6 nitrogen and oxygen atoms in total. The fraction of sp³-hybridized carbons (Fsp3) is 0.286. The molecule has 1 aromatic heterocycles. The van der Waals surface area contributed by atoms with Gasteiger partial charge in [-0.15, -0.1) is 0 Å². The Morgan fingerprint density at radius 1 is 1.38 bits per heavy atom. The summed E-state index contributed by atoms with van der Waals surface area (Å²) in [5.41, 5.74) is 4.23. The van der Waals surface area contributed by atoms with Gasteiger partial charge in [0.05, 0.1) is 6.34 Å². The molecule has 0 spiro atoms. The first-order valence-electron chi connectivity index (χ1n) is 3.59. The average molecular weight is 182 g/mol. The molecule has 0 atom stereocenters. The molecule has 0 fully saturated rings. The minimum Gasteiger partial charge on any atom is -0.390 e. The van der Waals surface area contributed by atoms with Crippen LogP contribution >= 0.6 is 0 Å². The first-order chi connectivity index (χ1) is 6.07. The number of nitrogens with zero attached hydrogens (tertiary/aromatic N) is 3. The minimum absolute atomic E-state index is 0.246. The highest BCUT2D eigenvalue weighted by Gasteiger charge is 2.02. The molecule has 0 saturated carbocycles. The van der Waals surface area contributed by atoms with Crippen molar-refractivity contribution in [3.8, 4) is 0 Å². The summed E-state index contributed by atoms with van der Waals surface area (Å²) in [5, 5.41) is 0. The van der Waals surface area contributed by atoms with Crippen LogP contribution in [-0.4, -0.2) is 15.5 Å². The van der Waals surface area contributed by atoms with Crippen molar-refractivity contribution in [3.05, 3.63) is 26.9 Å².